The van der Waals surface area contributed by atoms with E-state index < -0.39 is 32.2 Å². The summed E-state index contributed by atoms with van der Waals surface area (Å²) in [5.41, 5.74) is 0.600. The number of halogens is 3. The summed E-state index contributed by atoms with van der Waals surface area (Å²) >= 11 is 0. The molecular formula is C16H14F3NO3S. The molecule has 24 heavy (non-hydrogen) atoms. The molecule has 2 rings (SSSR count). The zero-order valence-corrected chi connectivity index (χ0v) is 13.4. The largest absolute Gasteiger partial charge is 0.341 e. The van der Waals surface area contributed by atoms with Crippen LogP contribution in [0.25, 0.3) is 0 Å². The Labute approximate surface area is 137 Å². The maximum Gasteiger partial charge on any atom is 0.341 e. The van der Waals surface area contributed by atoms with Crippen LogP contribution < -0.4 is 4.90 Å². The van der Waals surface area contributed by atoms with Gasteiger partial charge in [-0.1, -0.05) is 0 Å². The minimum Gasteiger partial charge on any atom is -0.309 e. The minimum absolute atomic E-state index is 0.134. The van der Waals surface area contributed by atoms with Gasteiger partial charge in [0.1, 0.15) is 5.82 Å². The first-order valence-corrected chi connectivity index (χ1v) is 8.51. The zero-order chi connectivity index (χ0) is 17.9. The molecule has 0 unspecified atom stereocenters. The number of hydrogen-bond donors (Lipinski definition) is 0. The molecule has 8 heteroatoms. The van der Waals surface area contributed by atoms with E-state index in [9.17, 15) is 26.4 Å². The molecule has 0 spiro atoms. The molecule has 1 amide bonds. The number of sulfone groups is 1. The predicted molar refractivity (Wildman–Crippen MR) is 83.4 cm³/mol. The summed E-state index contributed by atoms with van der Waals surface area (Å²) in [7, 11) is -4.70. The van der Waals surface area contributed by atoms with Gasteiger partial charge < -0.3 is 4.90 Å². The summed E-state index contributed by atoms with van der Waals surface area (Å²) < 4.78 is 60.7. The van der Waals surface area contributed by atoms with Gasteiger partial charge in [0.2, 0.25) is 9.84 Å². The summed E-state index contributed by atoms with van der Waals surface area (Å²) in [4.78, 5) is 13.3. The fraction of sp³-hybridized carbons (Fsp3) is 0.188. The van der Waals surface area contributed by atoms with Gasteiger partial charge in [0.25, 0.3) is 5.91 Å². The Morgan fingerprint density at radius 3 is 2.04 bits per heavy atom. The van der Waals surface area contributed by atoms with Crippen molar-refractivity contribution in [3.63, 3.8) is 0 Å². The number of carbonyl (C=O) groups excluding carboxylic acids is 1. The zero-order valence-electron chi connectivity index (χ0n) is 12.6. The average Bonchev–Trinajstić information content (AvgIpc) is 2.57. The van der Waals surface area contributed by atoms with E-state index in [1.54, 1.807) is 6.92 Å². The first-order chi connectivity index (χ1) is 11.3. The van der Waals surface area contributed by atoms with Crippen molar-refractivity contribution in [2.45, 2.75) is 17.6 Å². The lowest BCUT2D eigenvalue weighted by Crippen LogP contribution is -2.30. The average molecular weight is 357 g/mol. The van der Waals surface area contributed by atoms with E-state index in [2.05, 4.69) is 0 Å². The van der Waals surface area contributed by atoms with Gasteiger partial charge in [-0.2, -0.15) is 8.78 Å². The molecule has 0 N–H and O–H groups in total. The molecule has 0 heterocycles. The van der Waals surface area contributed by atoms with Crippen LogP contribution in [0.1, 0.15) is 17.3 Å². The van der Waals surface area contributed by atoms with Crippen LogP contribution in [0.15, 0.2) is 53.4 Å². The summed E-state index contributed by atoms with van der Waals surface area (Å²) in [6.45, 7) is 2.01. The predicted octanol–water partition coefficient (Wildman–Crippen LogP) is 3.49. The van der Waals surface area contributed by atoms with Gasteiger partial charge in [-0.25, -0.2) is 12.8 Å². The van der Waals surface area contributed by atoms with Crippen LogP contribution in [0.5, 0.6) is 0 Å². The van der Waals surface area contributed by atoms with Crippen molar-refractivity contribution >= 4 is 21.4 Å². The van der Waals surface area contributed by atoms with E-state index in [1.165, 1.54) is 41.3 Å². The van der Waals surface area contributed by atoms with E-state index in [-0.39, 0.29) is 5.56 Å². The molecule has 0 atom stereocenters. The lowest BCUT2D eigenvalue weighted by molar-refractivity contribution is 0.0988. The quantitative estimate of drug-likeness (QED) is 0.823. The SMILES string of the molecule is CCN(C(=O)c1ccc(S(=O)(=O)C(F)F)cc1)c1ccc(F)cc1. The second kappa shape index (κ2) is 7.04. The van der Waals surface area contributed by atoms with Crippen molar-refractivity contribution in [1.29, 1.82) is 0 Å². The Hall–Kier alpha value is -2.35. The number of rotatable bonds is 5. The second-order valence-electron chi connectivity index (χ2n) is 4.86. The summed E-state index contributed by atoms with van der Waals surface area (Å²) in [5, 5.41) is 0. The van der Waals surface area contributed by atoms with E-state index in [4.69, 9.17) is 0 Å². The van der Waals surface area contributed by atoms with E-state index in [0.717, 1.165) is 12.1 Å². The first-order valence-electron chi connectivity index (χ1n) is 6.97. The summed E-state index contributed by atoms with van der Waals surface area (Å²) in [6.07, 6.45) is 0. The number of anilines is 1. The molecule has 0 saturated heterocycles. The molecule has 4 nitrogen and oxygen atoms in total. The van der Waals surface area contributed by atoms with Gasteiger partial charge in [0, 0.05) is 17.8 Å². The van der Waals surface area contributed by atoms with Crippen LogP contribution in [0.2, 0.25) is 0 Å². The van der Waals surface area contributed by atoms with Gasteiger partial charge in [0.05, 0.1) is 4.90 Å². The molecule has 2 aromatic rings. The Balaban J connectivity index is 2.30. The van der Waals surface area contributed by atoms with Gasteiger partial charge >= 0.3 is 5.76 Å². The Morgan fingerprint density at radius 1 is 1.04 bits per heavy atom. The maximum atomic E-state index is 13.0. The molecular weight excluding hydrogens is 343 g/mol. The number of amides is 1. The Morgan fingerprint density at radius 2 is 1.58 bits per heavy atom. The number of alkyl halides is 2. The van der Waals surface area contributed by atoms with Crippen LogP contribution >= 0.6 is 0 Å². The fourth-order valence-corrected chi connectivity index (χ4v) is 2.83. The molecule has 0 fully saturated rings. The topological polar surface area (TPSA) is 54.5 Å². The molecule has 0 aliphatic carbocycles. The lowest BCUT2D eigenvalue weighted by Gasteiger charge is -2.21. The van der Waals surface area contributed by atoms with Gasteiger partial charge in [-0.15, -0.1) is 0 Å². The van der Waals surface area contributed by atoms with Crippen molar-refractivity contribution in [2.24, 2.45) is 0 Å². The van der Waals surface area contributed by atoms with Crippen LogP contribution in [0.3, 0.4) is 0 Å². The molecule has 0 saturated carbocycles. The lowest BCUT2D eigenvalue weighted by atomic mass is 10.2. The molecule has 0 bridgehead atoms. The third kappa shape index (κ3) is 3.59. The van der Waals surface area contributed by atoms with Crippen LogP contribution in [-0.4, -0.2) is 26.6 Å². The smallest absolute Gasteiger partial charge is 0.309 e. The number of nitrogens with zero attached hydrogens (tertiary/aromatic N) is 1. The standard InChI is InChI=1S/C16H14F3NO3S/c1-2-20(13-7-5-12(17)6-8-13)15(21)11-3-9-14(10-4-11)24(22,23)16(18)19/h3-10,16H,2H2,1H3. The Bertz CT molecular complexity index is 819. The van der Waals surface area contributed by atoms with Crippen molar-refractivity contribution in [1.82, 2.24) is 0 Å². The van der Waals surface area contributed by atoms with Crippen molar-refractivity contribution in [3.05, 3.63) is 59.9 Å². The number of benzene rings is 2. The van der Waals surface area contributed by atoms with Gasteiger partial charge in [-0.3, -0.25) is 4.79 Å². The molecule has 0 aliphatic heterocycles. The first kappa shape index (κ1) is 18.0. The van der Waals surface area contributed by atoms with Gasteiger partial charge in [-0.05, 0) is 55.5 Å². The number of carbonyl (C=O) groups is 1. The van der Waals surface area contributed by atoms with Gasteiger partial charge in [0.15, 0.2) is 0 Å². The molecule has 0 aromatic heterocycles. The van der Waals surface area contributed by atoms with E-state index in [0.29, 0.717) is 12.2 Å². The van der Waals surface area contributed by atoms with Crippen LogP contribution in [0, 0.1) is 5.82 Å². The molecule has 0 aliphatic rings. The van der Waals surface area contributed by atoms with E-state index >= 15 is 0 Å². The van der Waals surface area contributed by atoms with Crippen LogP contribution in [-0.2, 0) is 9.84 Å². The monoisotopic (exact) mass is 357 g/mol. The van der Waals surface area contributed by atoms with Crippen molar-refractivity contribution in [2.75, 3.05) is 11.4 Å². The summed E-state index contributed by atoms with van der Waals surface area (Å²) in [6, 6.07) is 9.57. The van der Waals surface area contributed by atoms with E-state index in [1.807, 2.05) is 0 Å². The molecule has 128 valence electrons. The fourth-order valence-electron chi connectivity index (χ4n) is 2.11. The third-order valence-electron chi connectivity index (χ3n) is 3.36. The molecule has 0 radical (unpaired) electrons. The number of hydrogen-bond acceptors (Lipinski definition) is 3. The highest BCUT2D eigenvalue weighted by atomic mass is 32.2. The third-order valence-corrected chi connectivity index (χ3v) is 4.76. The normalized spacial score (nSPS) is 11.5. The van der Waals surface area contributed by atoms with Crippen LogP contribution in [0.4, 0.5) is 18.9 Å². The minimum atomic E-state index is -4.70. The highest BCUT2D eigenvalue weighted by Gasteiger charge is 2.27. The second-order valence-corrected chi connectivity index (χ2v) is 6.77. The highest BCUT2D eigenvalue weighted by Crippen LogP contribution is 2.21. The van der Waals surface area contributed by atoms with Crippen molar-refractivity contribution < 1.29 is 26.4 Å². The maximum absolute atomic E-state index is 13.0. The highest BCUT2D eigenvalue weighted by molar-refractivity contribution is 7.91. The summed E-state index contributed by atoms with van der Waals surface area (Å²) in [5.74, 6) is -4.42. The van der Waals surface area contributed by atoms with Crippen molar-refractivity contribution in [3.8, 4) is 0 Å². The molecule has 2 aromatic carbocycles. The Kier molecular flexibility index (Phi) is 5.28.